The molecule has 1 aromatic heterocycles. The molecule has 2 N–H and O–H groups in total. The van der Waals surface area contributed by atoms with Gasteiger partial charge in [0.25, 0.3) is 5.56 Å². The number of hydrogen-bond acceptors (Lipinski definition) is 4. The Morgan fingerprint density at radius 3 is 2.61 bits per heavy atom. The van der Waals surface area contributed by atoms with E-state index in [4.69, 9.17) is 22.1 Å². The van der Waals surface area contributed by atoms with Crippen LogP contribution >= 0.6 is 11.6 Å². The maximum atomic E-state index is 11.8. The summed E-state index contributed by atoms with van der Waals surface area (Å²) in [7, 11) is 0. The number of rotatable bonds is 9. The van der Waals surface area contributed by atoms with Gasteiger partial charge in [0.1, 0.15) is 5.75 Å². The molecule has 2 aromatic rings. The Labute approximate surface area is 171 Å². The number of ether oxygens (including phenoxy) is 1. The van der Waals surface area contributed by atoms with Crippen molar-refractivity contribution in [1.29, 1.82) is 0 Å². The van der Waals surface area contributed by atoms with E-state index in [1.165, 1.54) is 12.3 Å². The first-order chi connectivity index (χ1) is 13.5. The summed E-state index contributed by atoms with van der Waals surface area (Å²) in [5, 5.41) is 0.544. The predicted molar refractivity (Wildman–Crippen MR) is 118 cm³/mol. The van der Waals surface area contributed by atoms with E-state index in [1.807, 2.05) is 19.1 Å². The number of allylic oxidation sites excluding steroid dienone is 1. The summed E-state index contributed by atoms with van der Waals surface area (Å²) in [6.07, 6.45) is 7.79. The number of halogens is 1. The summed E-state index contributed by atoms with van der Waals surface area (Å²) >= 11 is 6.46. The van der Waals surface area contributed by atoms with Gasteiger partial charge < -0.3 is 15.0 Å². The van der Waals surface area contributed by atoms with Gasteiger partial charge in [0.2, 0.25) is 0 Å². The minimum Gasteiger partial charge on any atom is -0.490 e. The fourth-order valence-corrected chi connectivity index (χ4v) is 3.09. The molecule has 0 atom stereocenters. The van der Waals surface area contributed by atoms with Crippen LogP contribution in [-0.2, 0) is 6.54 Å². The van der Waals surface area contributed by atoms with Crippen molar-refractivity contribution in [3.63, 3.8) is 0 Å². The van der Waals surface area contributed by atoms with Crippen molar-refractivity contribution in [2.75, 3.05) is 0 Å². The molecule has 0 aliphatic heterocycles. The zero-order valence-electron chi connectivity index (χ0n) is 16.7. The van der Waals surface area contributed by atoms with Crippen LogP contribution < -0.4 is 16.0 Å². The monoisotopic (exact) mass is 401 g/mol. The van der Waals surface area contributed by atoms with Crippen molar-refractivity contribution in [3.05, 3.63) is 63.7 Å². The Morgan fingerprint density at radius 1 is 1.25 bits per heavy atom. The molecule has 5 nitrogen and oxygen atoms in total. The second-order valence-electron chi connectivity index (χ2n) is 6.50. The molecular weight excluding hydrogens is 374 g/mol. The topological polar surface area (TPSA) is 69.6 Å². The smallest absolute Gasteiger partial charge is 0.250 e. The first-order valence-corrected chi connectivity index (χ1v) is 10.0. The number of nitrogens with two attached hydrogens (primary N) is 1. The van der Waals surface area contributed by atoms with Crippen molar-refractivity contribution in [2.45, 2.75) is 52.7 Å². The predicted octanol–water partition coefficient (Wildman–Crippen LogP) is 5.18. The third kappa shape index (κ3) is 5.73. The normalized spacial score (nSPS) is 12.1. The molecule has 6 heteroatoms. The lowest BCUT2D eigenvalue weighted by Gasteiger charge is -2.16. The summed E-state index contributed by atoms with van der Waals surface area (Å²) in [6, 6.07) is 8.77. The van der Waals surface area contributed by atoms with Gasteiger partial charge in [-0.3, -0.25) is 9.79 Å². The number of hydrogen-bond donors (Lipinski definition) is 1. The number of nitrogens with zero attached hydrogens (tertiary/aromatic N) is 2. The fourth-order valence-electron chi connectivity index (χ4n) is 2.81. The first kappa shape index (κ1) is 21.8. The molecule has 0 amide bonds. The minimum atomic E-state index is -0.0357. The van der Waals surface area contributed by atoms with E-state index in [2.05, 4.69) is 18.8 Å². The third-order valence-electron chi connectivity index (χ3n) is 4.43. The summed E-state index contributed by atoms with van der Waals surface area (Å²) < 4.78 is 7.59. The number of aryl methyl sites for hydroxylation is 1. The summed E-state index contributed by atoms with van der Waals surface area (Å²) in [6.45, 7) is 6.88. The number of aliphatic imine (C=N–C) groups is 1. The van der Waals surface area contributed by atoms with Gasteiger partial charge >= 0.3 is 0 Å². The van der Waals surface area contributed by atoms with Crippen molar-refractivity contribution < 1.29 is 4.74 Å². The van der Waals surface area contributed by atoms with Gasteiger partial charge in [-0.1, -0.05) is 32.4 Å². The highest BCUT2D eigenvalue weighted by molar-refractivity contribution is 6.34. The number of aromatic nitrogens is 1. The van der Waals surface area contributed by atoms with E-state index in [9.17, 15) is 4.79 Å². The molecular formula is C22H28ClN3O2. The molecule has 0 bridgehead atoms. The second-order valence-corrected chi connectivity index (χ2v) is 6.90. The van der Waals surface area contributed by atoms with E-state index < -0.39 is 0 Å². The second kappa shape index (κ2) is 10.7. The van der Waals surface area contributed by atoms with Crippen LogP contribution in [0.4, 0.5) is 5.69 Å². The lowest BCUT2D eigenvalue weighted by atomic mass is 10.1. The number of benzene rings is 1. The van der Waals surface area contributed by atoms with Crippen molar-refractivity contribution >= 4 is 29.1 Å². The van der Waals surface area contributed by atoms with E-state index in [0.29, 0.717) is 22.8 Å². The van der Waals surface area contributed by atoms with Gasteiger partial charge in [-0.05, 0) is 43.5 Å². The van der Waals surface area contributed by atoms with Crippen LogP contribution in [0.25, 0.3) is 5.57 Å². The highest BCUT2D eigenvalue weighted by Gasteiger charge is 2.10. The Kier molecular flexibility index (Phi) is 8.33. The fraction of sp³-hybridized carbons (Fsp3) is 0.364. The molecule has 0 aliphatic rings. The lowest BCUT2D eigenvalue weighted by Crippen LogP contribution is -2.17. The van der Waals surface area contributed by atoms with Gasteiger partial charge in [0, 0.05) is 42.4 Å². The molecule has 1 aromatic carbocycles. The van der Waals surface area contributed by atoms with Crippen LogP contribution in [0.5, 0.6) is 5.75 Å². The Balaban J connectivity index is 2.23. The van der Waals surface area contributed by atoms with Crippen LogP contribution in [0, 0.1) is 0 Å². The summed E-state index contributed by atoms with van der Waals surface area (Å²) in [5.74, 6) is 0.738. The molecule has 0 unspecified atom stereocenters. The standard InChI is InChI=1S/C22H28ClN3O2/c1-4-11-26-15-17(7-10-22(26)27)25-14-16(13-24)20-9-8-19(12-21(20)23)28-18(5-2)6-3/h7-10,12-15,18H,4-6,11,24H2,1-3H3/b16-13+,25-14?. The SMILES string of the molecule is CCCn1cc(N=C/C(=C\N)c2ccc(OC(CC)CC)cc2Cl)ccc1=O. The zero-order chi connectivity index (χ0) is 20.5. The van der Waals surface area contributed by atoms with Gasteiger partial charge in [-0.2, -0.15) is 0 Å². The summed E-state index contributed by atoms with van der Waals surface area (Å²) in [5.41, 5.74) is 7.90. The van der Waals surface area contributed by atoms with Crippen molar-refractivity contribution in [1.82, 2.24) is 4.57 Å². The van der Waals surface area contributed by atoms with Gasteiger partial charge in [0.05, 0.1) is 16.8 Å². The average Bonchev–Trinajstić information content (AvgIpc) is 2.70. The quantitative estimate of drug-likeness (QED) is 0.588. The van der Waals surface area contributed by atoms with Crippen molar-refractivity contribution in [2.24, 2.45) is 10.7 Å². The maximum absolute atomic E-state index is 11.8. The Hall–Kier alpha value is -2.53. The van der Waals surface area contributed by atoms with Gasteiger partial charge in [0.15, 0.2) is 0 Å². The highest BCUT2D eigenvalue weighted by Crippen LogP contribution is 2.28. The van der Waals surface area contributed by atoms with E-state index in [-0.39, 0.29) is 11.7 Å². The molecule has 0 fully saturated rings. The molecule has 0 saturated heterocycles. The Bertz CT molecular complexity index is 899. The highest BCUT2D eigenvalue weighted by atomic mass is 35.5. The minimum absolute atomic E-state index is 0.0357. The average molecular weight is 402 g/mol. The molecule has 0 radical (unpaired) electrons. The molecule has 0 saturated carbocycles. The zero-order valence-corrected chi connectivity index (χ0v) is 17.4. The summed E-state index contributed by atoms with van der Waals surface area (Å²) in [4.78, 5) is 16.3. The molecule has 28 heavy (non-hydrogen) atoms. The van der Waals surface area contributed by atoms with Crippen LogP contribution in [0.3, 0.4) is 0 Å². The van der Waals surface area contributed by atoms with Crippen LogP contribution in [-0.4, -0.2) is 16.9 Å². The molecule has 1 heterocycles. The lowest BCUT2D eigenvalue weighted by molar-refractivity contribution is 0.193. The first-order valence-electron chi connectivity index (χ1n) is 9.65. The van der Waals surface area contributed by atoms with Crippen LogP contribution in [0.15, 0.2) is 52.5 Å². The van der Waals surface area contributed by atoms with Crippen LogP contribution in [0.2, 0.25) is 5.02 Å². The van der Waals surface area contributed by atoms with Gasteiger partial charge in [-0.15, -0.1) is 0 Å². The van der Waals surface area contributed by atoms with Gasteiger partial charge in [-0.25, -0.2) is 0 Å². The largest absolute Gasteiger partial charge is 0.490 e. The van der Waals surface area contributed by atoms with E-state index in [0.717, 1.165) is 30.6 Å². The van der Waals surface area contributed by atoms with E-state index in [1.54, 1.807) is 29.1 Å². The Morgan fingerprint density at radius 2 is 2.00 bits per heavy atom. The maximum Gasteiger partial charge on any atom is 0.250 e. The van der Waals surface area contributed by atoms with Crippen LogP contribution in [0.1, 0.15) is 45.6 Å². The van der Waals surface area contributed by atoms with Crippen molar-refractivity contribution in [3.8, 4) is 5.75 Å². The molecule has 2 rings (SSSR count). The number of pyridine rings is 1. The molecule has 0 aliphatic carbocycles. The molecule has 0 spiro atoms. The molecule has 150 valence electrons. The van der Waals surface area contributed by atoms with E-state index >= 15 is 0 Å². The third-order valence-corrected chi connectivity index (χ3v) is 4.74.